The molecule has 3 aromatic rings. The second-order valence-corrected chi connectivity index (χ2v) is 5.94. The van der Waals surface area contributed by atoms with Gasteiger partial charge in [0.2, 0.25) is 0 Å². The number of H-pyrrole nitrogens is 1. The molecule has 2 nitrogen and oxygen atoms in total. The van der Waals surface area contributed by atoms with Gasteiger partial charge in [0.15, 0.2) is 0 Å². The highest BCUT2D eigenvalue weighted by atomic mass is 127. The van der Waals surface area contributed by atoms with Gasteiger partial charge < -0.3 is 4.98 Å². The van der Waals surface area contributed by atoms with Crippen LogP contribution in [0.15, 0.2) is 36.4 Å². The minimum Gasteiger partial charge on any atom is -0.338 e. The van der Waals surface area contributed by atoms with Crippen molar-refractivity contribution in [2.75, 3.05) is 0 Å². The lowest BCUT2D eigenvalue weighted by atomic mass is 10.2. The molecular weight excluding hydrogens is 382 g/mol. The van der Waals surface area contributed by atoms with E-state index in [0.717, 1.165) is 22.4 Å². The van der Waals surface area contributed by atoms with E-state index < -0.39 is 0 Å². The smallest absolute Gasteiger partial charge is 0.138 e. The number of nitrogens with zero attached hydrogens (tertiary/aromatic N) is 1. The Bertz CT molecular complexity index is 681. The highest BCUT2D eigenvalue weighted by molar-refractivity contribution is 14.1. The van der Waals surface area contributed by atoms with Gasteiger partial charge in [-0.25, -0.2) is 4.98 Å². The maximum atomic E-state index is 5.98. The molecule has 0 saturated heterocycles. The molecular formula is C13H7Cl2IN2. The molecule has 1 heterocycles. The lowest BCUT2D eigenvalue weighted by molar-refractivity contribution is 1.33. The van der Waals surface area contributed by atoms with Gasteiger partial charge in [0.1, 0.15) is 5.82 Å². The number of fused-ring (bicyclic) bond motifs is 1. The number of benzene rings is 2. The summed E-state index contributed by atoms with van der Waals surface area (Å²) in [5.74, 6) is 0.819. The predicted molar refractivity (Wildman–Crippen MR) is 84.3 cm³/mol. The maximum absolute atomic E-state index is 5.98. The van der Waals surface area contributed by atoms with Crippen molar-refractivity contribution < 1.29 is 0 Å². The number of rotatable bonds is 1. The van der Waals surface area contributed by atoms with E-state index in [1.165, 1.54) is 3.57 Å². The van der Waals surface area contributed by atoms with Crippen LogP contribution in [-0.4, -0.2) is 9.97 Å². The fourth-order valence-electron chi connectivity index (χ4n) is 1.75. The van der Waals surface area contributed by atoms with Gasteiger partial charge in [-0.05, 0) is 46.9 Å². The summed E-state index contributed by atoms with van der Waals surface area (Å²) >= 11 is 14.2. The molecule has 3 rings (SSSR count). The Labute approximate surface area is 127 Å². The van der Waals surface area contributed by atoms with E-state index in [2.05, 4.69) is 32.6 Å². The number of aromatic nitrogens is 2. The van der Waals surface area contributed by atoms with Crippen LogP contribution in [0.3, 0.4) is 0 Å². The first-order valence-corrected chi connectivity index (χ1v) is 7.07. The molecule has 0 aliphatic heterocycles. The van der Waals surface area contributed by atoms with Crippen LogP contribution in [0.2, 0.25) is 10.0 Å². The zero-order valence-electron chi connectivity index (χ0n) is 9.05. The maximum Gasteiger partial charge on any atom is 0.138 e. The van der Waals surface area contributed by atoms with Gasteiger partial charge in [-0.1, -0.05) is 35.3 Å². The Balaban J connectivity index is 2.16. The second kappa shape index (κ2) is 4.72. The number of nitrogens with one attached hydrogen (secondary N) is 1. The van der Waals surface area contributed by atoms with Crippen molar-refractivity contribution in [2.24, 2.45) is 0 Å². The fraction of sp³-hybridized carbons (Fsp3) is 0. The quantitative estimate of drug-likeness (QED) is 0.574. The lowest BCUT2D eigenvalue weighted by Gasteiger charge is -1.95. The first-order valence-electron chi connectivity index (χ1n) is 5.24. The van der Waals surface area contributed by atoms with Gasteiger partial charge >= 0.3 is 0 Å². The summed E-state index contributed by atoms with van der Waals surface area (Å²) in [5.41, 5.74) is 2.75. The van der Waals surface area contributed by atoms with Gasteiger partial charge in [-0.15, -0.1) is 0 Å². The molecule has 1 aromatic heterocycles. The van der Waals surface area contributed by atoms with E-state index in [1.807, 2.05) is 24.3 Å². The summed E-state index contributed by atoms with van der Waals surface area (Å²) in [6.07, 6.45) is 0. The van der Waals surface area contributed by atoms with Crippen molar-refractivity contribution in [3.05, 3.63) is 50.0 Å². The van der Waals surface area contributed by atoms with Crippen molar-refractivity contribution in [3.63, 3.8) is 0 Å². The SMILES string of the molecule is Clc1cc2nc(-c3ccc(I)cc3)[nH]c2cc1Cl. The molecule has 18 heavy (non-hydrogen) atoms. The lowest BCUT2D eigenvalue weighted by Crippen LogP contribution is -1.79. The number of hydrogen-bond acceptors (Lipinski definition) is 1. The van der Waals surface area contributed by atoms with Crippen LogP contribution in [0, 0.1) is 3.57 Å². The van der Waals surface area contributed by atoms with E-state index in [1.54, 1.807) is 12.1 Å². The van der Waals surface area contributed by atoms with E-state index in [-0.39, 0.29) is 0 Å². The van der Waals surface area contributed by atoms with Crippen LogP contribution >= 0.6 is 45.8 Å². The normalized spacial score (nSPS) is 11.1. The molecule has 0 saturated carbocycles. The summed E-state index contributed by atoms with van der Waals surface area (Å²) in [7, 11) is 0. The van der Waals surface area contributed by atoms with Crippen molar-refractivity contribution in [3.8, 4) is 11.4 Å². The number of imidazole rings is 1. The molecule has 0 atom stereocenters. The van der Waals surface area contributed by atoms with Crippen molar-refractivity contribution in [1.82, 2.24) is 9.97 Å². The van der Waals surface area contributed by atoms with Crippen LogP contribution in [0.5, 0.6) is 0 Å². The summed E-state index contributed by atoms with van der Waals surface area (Å²) in [5, 5.41) is 1.05. The Morgan fingerprint density at radius 3 is 2.39 bits per heavy atom. The first kappa shape index (κ1) is 12.3. The zero-order chi connectivity index (χ0) is 12.7. The van der Waals surface area contributed by atoms with E-state index in [9.17, 15) is 0 Å². The number of hydrogen-bond donors (Lipinski definition) is 1. The Kier molecular flexibility index (Phi) is 3.21. The van der Waals surface area contributed by atoms with Gasteiger partial charge in [0.25, 0.3) is 0 Å². The highest BCUT2D eigenvalue weighted by Gasteiger charge is 2.08. The number of aromatic amines is 1. The molecule has 0 aliphatic rings. The molecule has 0 amide bonds. The van der Waals surface area contributed by atoms with Crippen LogP contribution < -0.4 is 0 Å². The molecule has 1 N–H and O–H groups in total. The molecule has 2 aromatic carbocycles. The minimum atomic E-state index is 0.518. The summed E-state index contributed by atoms with van der Waals surface area (Å²) in [4.78, 5) is 7.76. The average Bonchev–Trinajstić information content (AvgIpc) is 2.73. The third kappa shape index (κ3) is 2.22. The van der Waals surface area contributed by atoms with Crippen molar-refractivity contribution >= 4 is 56.8 Å². The monoisotopic (exact) mass is 388 g/mol. The zero-order valence-corrected chi connectivity index (χ0v) is 12.7. The van der Waals surface area contributed by atoms with Crippen LogP contribution in [0.25, 0.3) is 22.4 Å². The average molecular weight is 389 g/mol. The summed E-state index contributed by atoms with van der Waals surface area (Å²) in [6.45, 7) is 0. The molecule has 90 valence electrons. The predicted octanol–water partition coefficient (Wildman–Crippen LogP) is 5.14. The summed E-state index contributed by atoms with van der Waals surface area (Å²) in [6, 6.07) is 11.7. The summed E-state index contributed by atoms with van der Waals surface area (Å²) < 4.78 is 1.19. The number of halogens is 3. The molecule has 0 unspecified atom stereocenters. The third-order valence-electron chi connectivity index (χ3n) is 2.64. The Morgan fingerprint density at radius 1 is 1.00 bits per heavy atom. The van der Waals surface area contributed by atoms with Crippen molar-refractivity contribution in [1.29, 1.82) is 0 Å². The van der Waals surface area contributed by atoms with Crippen molar-refractivity contribution in [2.45, 2.75) is 0 Å². The molecule has 0 bridgehead atoms. The second-order valence-electron chi connectivity index (χ2n) is 3.88. The fourth-order valence-corrected chi connectivity index (χ4v) is 2.43. The highest BCUT2D eigenvalue weighted by Crippen LogP contribution is 2.28. The van der Waals surface area contributed by atoms with E-state index in [0.29, 0.717) is 10.0 Å². The van der Waals surface area contributed by atoms with Gasteiger partial charge in [0.05, 0.1) is 21.1 Å². The van der Waals surface area contributed by atoms with Gasteiger partial charge in [-0.2, -0.15) is 0 Å². The van der Waals surface area contributed by atoms with Gasteiger partial charge in [-0.3, -0.25) is 0 Å². The van der Waals surface area contributed by atoms with Crippen LogP contribution in [0.4, 0.5) is 0 Å². The van der Waals surface area contributed by atoms with E-state index >= 15 is 0 Å². The molecule has 0 radical (unpaired) electrons. The Morgan fingerprint density at radius 2 is 1.67 bits per heavy atom. The molecule has 0 fully saturated rings. The minimum absolute atomic E-state index is 0.518. The first-order chi connectivity index (χ1) is 8.63. The molecule has 5 heteroatoms. The van der Waals surface area contributed by atoms with Crippen LogP contribution in [0.1, 0.15) is 0 Å². The standard InChI is InChI=1S/C13H7Cl2IN2/c14-9-5-11-12(6-10(9)15)18-13(17-11)7-1-3-8(16)4-2-7/h1-6H,(H,17,18). The van der Waals surface area contributed by atoms with E-state index in [4.69, 9.17) is 23.2 Å². The van der Waals surface area contributed by atoms with Gasteiger partial charge in [0, 0.05) is 9.13 Å². The largest absolute Gasteiger partial charge is 0.338 e. The van der Waals surface area contributed by atoms with Crippen LogP contribution in [-0.2, 0) is 0 Å². The Hall–Kier alpha value is -0.780. The molecule has 0 aliphatic carbocycles. The third-order valence-corrected chi connectivity index (χ3v) is 4.08. The molecule has 0 spiro atoms. The topological polar surface area (TPSA) is 28.7 Å².